The van der Waals surface area contributed by atoms with Crippen LogP contribution in [0.1, 0.15) is 12.1 Å². The Kier molecular flexibility index (Phi) is 13.8. The Hall–Kier alpha value is -5.98. The number of hydrogen-bond acceptors (Lipinski definition) is 9. The first-order valence-corrected chi connectivity index (χ1v) is 23.1. The van der Waals surface area contributed by atoms with Gasteiger partial charge in [0.05, 0.1) is 16.4 Å². The molecule has 1 aliphatic rings. The molecule has 0 radical (unpaired) electrons. The molecule has 1 fully saturated rings. The van der Waals surface area contributed by atoms with Crippen LogP contribution in [0.3, 0.4) is 0 Å². The van der Waals surface area contributed by atoms with E-state index in [1.54, 1.807) is 23.9 Å². The van der Waals surface area contributed by atoms with Crippen LogP contribution in [0, 0.1) is 23.6 Å². The van der Waals surface area contributed by atoms with E-state index in [0.717, 1.165) is 89.6 Å². The van der Waals surface area contributed by atoms with Crippen molar-refractivity contribution in [2.75, 3.05) is 72.4 Å². The zero-order valence-corrected chi connectivity index (χ0v) is 37.5. The molecule has 2 N–H and O–H groups in total. The second-order valence-corrected chi connectivity index (χ2v) is 18.7. The Bertz CT molecular complexity index is 2680. The fraction of sp³-hybridized carbons (Fsp3) is 0.255. The van der Waals surface area contributed by atoms with Crippen LogP contribution in [-0.4, -0.2) is 81.4 Å². The molecule has 0 saturated carbocycles. The first kappa shape index (κ1) is 44.1. The lowest BCUT2D eigenvalue weighted by Crippen LogP contribution is -2.46. The predicted molar refractivity (Wildman–Crippen MR) is 255 cm³/mol. The summed E-state index contributed by atoms with van der Waals surface area (Å²) in [6, 6.07) is 37.1. The summed E-state index contributed by atoms with van der Waals surface area (Å²) in [6.45, 7) is 13.8. The molecule has 1 aliphatic heterocycles. The summed E-state index contributed by atoms with van der Waals surface area (Å²) in [7, 11) is 1.80. The molecular weight excluding hydrogens is 840 g/mol. The maximum atomic E-state index is 13.6. The van der Waals surface area contributed by atoms with E-state index in [4.69, 9.17) is 18.2 Å². The number of sulfonamides is 1. The Morgan fingerprint density at radius 3 is 2.19 bits per heavy atom. The number of anilines is 4. The largest absolute Gasteiger partial charge is 0.376 e. The van der Waals surface area contributed by atoms with Crippen LogP contribution in [0.4, 0.5) is 34.1 Å². The van der Waals surface area contributed by atoms with Crippen molar-refractivity contribution in [2.45, 2.75) is 29.2 Å². The van der Waals surface area contributed by atoms with Crippen molar-refractivity contribution in [2.24, 2.45) is 7.05 Å². The third kappa shape index (κ3) is 10.2. The quantitative estimate of drug-likeness (QED) is 0.0424. The highest BCUT2D eigenvalue weighted by Gasteiger charge is 2.26. The molecule has 5 aromatic carbocycles. The van der Waals surface area contributed by atoms with E-state index in [9.17, 15) is 18.5 Å². The van der Waals surface area contributed by atoms with Gasteiger partial charge in [0.25, 0.3) is 15.7 Å². The van der Waals surface area contributed by atoms with Gasteiger partial charge in [-0.25, -0.2) is 13.3 Å². The molecule has 0 spiro atoms. The highest BCUT2D eigenvalue weighted by Crippen LogP contribution is 2.45. The smallest absolute Gasteiger partial charge is 0.293 e. The zero-order chi connectivity index (χ0) is 44.0. The number of hydrogen-bond donors (Lipinski definition) is 2. The zero-order valence-electron chi connectivity index (χ0n) is 35.1. The number of benzene rings is 5. The number of halogens is 1. The van der Waals surface area contributed by atoms with Crippen LogP contribution in [0.15, 0.2) is 131 Å². The molecule has 0 amide bonds. The summed E-state index contributed by atoms with van der Waals surface area (Å²) in [4.78, 5) is 23.2. The van der Waals surface area contributed by atoms with Gasteiger partial charge in [0, 0.05) is 95.0 Å². The van der Waals surface area contributed by atoms with Gasteiger partial charge in [-0.05, 0) is 118 Å². The summed E-state index contributed by atoms with van der Waals surface area (Å²) in [5.41, 5.74) is 7.71. The summed E-state index contributed by atoms with van der Waals surface area (Å²) in [5.74, 6) is 0.670. The summed E-state index contributed by atoms with van der Waals surface area (Å²) >= 11 is 7.87. The summed E-state index contributed by atoms with van der Waals surface area (Å²) in [6.07, 6.45) is 0.735. The minimum Gasteiger partial charge on any atom is -0.376 e. The lowest BCUT2D eigenvalue weighted by molar-refractivity contribution is -0.384. The minimum absolute atomic E-state index is 0.104. The third-order valence-corrected chi connectivity index (χ3v) is 13.9. The molecular formula is C47H49ClN8O4S2. The Morgan fingerprint density at radius 2 is 1.55 bits per heavy atom. The van der Waals surface area contributed by atoms with Crippen LogP contribution in [0.25, 0.3) is 27.2 Å². The Labute approximate surface area is 373 Å². The number of nitro groups is 1. The first-order chi connectivity index (χ1) is 29.8. The normalized spacial score (nSPS) is 13.5. The van der Waals surface area contributed by atoms with Crippen molar-refractivity contribution in [3.63, 3.8) is 0 Å². The van der Waals surface area contributed by atoms with Crippen LogP contribution in [-0.2, 0) is 17.1 Å². The Balaban J connectivity index is 1.00. The molecule has 2 heterocycles. The average Bonchev–Trinajstić information content (AvgIpc) is 3.53. The number of nitro benzene ring substituents is 1. The number of aromatic nitrogens is 1. The molecule has 1 aromatic heterocycles. The lowest BCUT2D eigenvalue weighted by atomic mass is 9.99. The van der Waals surface area contributed by atoms with E-state index in [-0.39, 0.29) is 22.3 Å². The topological polar surface area (TPSA) is 120 Å². The number of rotatable bonds is 16. The number of thioether (sulfide) groups is 1. The number of piperazine rings is 1. The third-order valence-electron chi connectivity index (χ3n) is 11.1. The fourth-order valence-corrected chi connectivity index (χ4v) is 9.87. The van der Waals surface area contributed by atoms with Crippen molar-refractivity contribution >= 4 is 67.5 Å². The molecule has 0 aliphatic carbocycles. The van der Waals surface area contributed by atoms with Crippen molar-refractivity contribution < 1.29 is 13.3 Å². The molecule has 1 atom stereocenters. The van der Waals surface area contributed by atoms with Gasteiger partial charge < -0.3 is 24.6 Å². The fourth-order valence-electron chi connectivity index (χ4n) is 7.68. The van der Waals surface area contributed by atoms with Gasteiger partial charge in [-0.3, -0.25) is 14.8 Å². The van der Waals surface area contributed by atoms with Crippen LogP contribution >= 0.6 is 23.4 Å². The van der Waals surface area contributed by atoms with Gasteiger partial charge in [0.1, 0.15) is 5.69 Å². The van der Waals surface area contributed by atoms with Crippen LogP contribution in [0.5, 0.6) is 0 Å². The molecule has 0 bridgehead atoms. The van der Waals surface area contributed by atoms with Gasteiger partial charge in [-0.2, -0.15) is 0 Å². The highest BCUT2D eigenvalue weighted by molar-refractivity contribution is 7.99. The van der Waals surface area contributed by atoms with Crippen LogP contribution < -0.4 is 19.8 Å². The first-order valence-electron chi connectivity index (χ1n) is 20.2. The standard InChI is InChI=1S/C47H49ClN8O4S2/c1-33-46(49-2)45(47(53(33)5)34-14-16-36(48)17-15-34)35-10-9-11-40(30-35)55-28-26-54(27-29-55)39-20-18-37(19-21-39)51-62(59,60)42-22-23-43(44(31-42)56(57)58)50-38(24-25-52(3)4)32-61-41-12-7-6-8-13-41/h6-23,30-31,38,50-51H,24-29,32H2,1,3-5H3/t38-/m1/s1. The van der Waals surface area contributed by atoms with E-state index in [1.807, 2.05) is 101 Å². The van der Waals surface area contributed by atoms with E-state index in [2.05, 4.69) is 52.3 Å². The molecule has 6 aromatic rings. The monoisotopic (exact) mass is 888 g/mol. The molecule has 1 saturated heterocycles. The van der Waals surface area contributed by atoms with Crippen molar-refractivity contribution in [3.8, 4) is 22.4 Å². The van der Waals surface area contributed by atoms with E-state index >= 15 is 0 Å². The van der Waals surface area contributed by atoms with E-state index < -0.39 is 14.9 Å². The molecule has 12 nitrogen and oxygen atoms in total. The van der Waals surface area contributed by atoms with Gasteiger partial charge >= 0.3 is 0 Å². The summed E-state index contributed by atoms with van der Waals surface area (Å²) < 4.78 is 31.8. The molecule has 7 rings (SSSR count). The van der Waals surface area contributed by atoms with E-state index in [1.165, 1.54) is 12.1 Å². The lowest BCUT2D eigenvalue weighted by Gasteiger charge is -2.37. The summed E-state index contributed by atoms with van der Waals surface area (Å²) in [5, 5.41) is 16.3. The second-order valence-electron chi connectivity index (χ2n) is 15.5. The van der Waals surface area contributed by atoms with Gasteiger partial charge in [-0.1, -0.05) is 54.1 Å². The maximum Gasteiger partial charge on any atom is 0.293 e. The van der Waals surface area contributed by atoms with Gasteiger partial charge in [-0.15, -0.1) is 11.8 Å². The Morgan fingerprint density at radius 1 is 0.871 bits per heavy atom. The number of nitrogens with one attached hydrogen (secondary N) is 2. The predicted octanol–water partition coefficient (Wildman–Crippen LogP) is 10.4. The minimum atomic E-state index is -4.14. The molecule has 320 valence electrons. The van der Waals surface area contributed by atoms with Gasteiger partial charge in [0.15, 0.2) is 0 Å². The average molecular weight is 890 g/mol. The van der Waals surface area contributed by atoms with Gasteiger partial charge in [0.2, 0.25) is 5.69 Å². The van der Waals surface area contributed by atoms with Crippen molar-refractivity contribution in [1.82, 2.24) is 9.47 Å². The highest BCUT2D eigenvalue weighted by atomic mass is 35.5. The van der Waals surface area contributed by atoms with Crippen molar-refractivity contribution in [1.29, 1.82) is 0 Å². The maximum absolute atomic E-state index is 13.6. The van der Waals surface area contributed by atoms with E-state index in [0.29, 0.717) is 22.2 Å². The molecule has 0 unspecified atom stereocenters. The number of nitrogens with zero attached hydrogens (tertiary/aromatic N) is 6. The van der Waals surface area contributed by atoms with Crippen LogP contribution in [0.2, 0.25) is 5.02 Å². The molecule has 15 heteroatoms. The SMILES string of the molecule is [C-]#[N+]c1c(-c2cccc(N3CCN(c4ccc(NS(=O)(=O)c5ccc(N[C@H](CCN(C)C)CSc6ccccc6)c([N+](=O)[O-])c5)cc4)CC3)c2)c(-c2ccc(Cl)cc2)n(C)c1C. The second kappa shape index (κ2) is 19.4. The van der Waals surface area contributed by atoms with Crippen molar-refractivity contribution in [3.05, 3.63) is 154 Å². The molecule has 62 heavy (non-hydrogen) atoms.